The van der Waals surface area contributed by atoms with Crippen molar-refractivity contribution in [3.05, 3.63) is 68.5 Å². The fourth-order valence-corrected chi connectivity index (χ4v) is 4.60. The van der Waals surface area contributed by atoms with E-state index in [2.05, 4.69) is 5.32 Å². The normalized spacial score (nSPS) is 10.8. The average molecular weight is 478 g/mol. The lowest BCUT2D eigenvalue weighted by Crippen LogP contribution is -2.17. The third-order valence-corrected chi connectivity index (χ3v) is 5.98. The summed E-state index contributed by atoms with van der Waals surface area (Å²) in [5.74, 6) is -0.251. The molecule has 0 unspecified atom stereocenters. The summed E-state index contributed by atoms with van der Waals surface area (Å²) in [6.45, 7) is 5.44. The lowest BCUT2D eigenvalue weighted by atomic mass is 10.0. The van der Waals surface area contributed by atoms with Crippen molar-refractivity contribution in [3.8, 4) is 16.9 Å². The first kappa shape index (κ1) is 23.1. The van der Waals surface area contributed by atoms with Gasteiger partial charge in [0.25, 0.3) is 5.91 Å². The number of halogens is 2. The molecular formula is C23H21Cl2NO4S. The van der Waals surface area contributed by atoms with Gasteiger partial charge < -0.3 is 14.8 Å². The average Bonchev–Trinajstić information content (AvgIpc) is 3.03. The Morgan fingerprint density at radius 3 is 2.32 bits per heavy atom. The van der Waals surface area contributed by atoms with E-state index in [1.807, 2.05) is 31.2 Å². The number of hydrogen-bond acceptors (Lipinski definition) is 5. The first-order chi connectivity index (χ1) is 14.7. The number of benzene rings is 2. The second-order valence-corrected chi connectivity index (χ2v) is 9.07. The molecule has 0 spiro atoms. The highest BCUT2D eigenvalue weighted by Crippen LogP contribution is 2.41. The van der Waals surface area contributed by atoms with Gasteiger partial charge in [-0.1, -0.05) is 35.3 Å². The molecule has 0 aliphatic rings. The Bertz CT molecular complexity index is 1120. The van der Waals surface area contributed by atoms with Crippen molar-refractivity contribution in [3.63, 3.8) is 0 Å². The van der Waals surface area contributed by atoms with Crippen molar-refractivity contribution in [1.29, 1.82) is 0 Å². The third kappa shape index (κ3) is 5.21. The minimum atomic E-state index is -0.511. The zero-order valence-electron chi connectivity index (χ0n) is 17.4. The van der Waals surface area contributed by atoms with Gasteiger partial charge in [0.05, 0.1) is 23.8 Å². The summed E-state index contributed by atoms with van der Waals surface area (Å²) in [5, 5.41) is 3.86. The largest absolute Gasteiger partial charge is 0.497 e. The number of aryl methyl sites for hydroxylation is 1. The zero-order chi connectivity index (χ0) is 22.7. The van der Waals surface area contributed by atoms with Crippen molar-refractivity contribution in [2.24, 2.45) is 0 Å². The summed E-state index contributed by atoms with van der Waals surface area (Å²) in [5.41, 5.74) is 2.08. The Labute approximate surface area is 194 Å². The summed E-state index contributed by atoms with van der Waals surface area (Å²) in [4.78, 5) is 26.7. The van der Waals surface area contributed by atoms with Gasteiger partial charge in [0.15, 0.2) is 0 Å². The predicted octanol–water partition coefficient (Wildman–Crippen LogP) is 6.86. The van der Waals surface area contributed by atoms with Crippen LogP contribution < -0.4 is 10.1 Å². The monoisotopic (exact) mass is 477 g/mol. The number of methoxy groups -OCH3 is 1. The van der Waals surface area contributed by atoms with E-state index in [4.69, 9.17) is 32.7 Å². The summed E-state index contributed by atoms with van der Waals surface area (Å²) >= 11 is 13.4. The molecule has 0 aliphatic heterocycles. The smallest absolute Gasteiger partial charge is 0.342 e. The molecule has 3 aromatic rings. The summed E-state index contributed by atoms with van der Waals surface area (Å²) in [6, 6.07) is 12.0. The number of anilines is 1. The first-order valence-corrected chi connectivity index (χ1v) is 11.0. The molecule has 3 rings (SSSR count). The fourth-order valence-electron chi connectivity index (χ4n) is 3.05. The number of esters is 1. The fraction of sp³-hybridized carbons (Fsp3) is 0.217. The Hall–Kier alpha value is -2.54. The minimum Gasteiger partial charge on any atom is -0.497 e. The minimum absolute atomic E-state index is 0.222. The highest BCUT2D eigenvalue weighted by molar-refractivity contribution is 7.17. The topological polar surface area (TPSA) is 64.6 Å². The number of amides is 1. The van der Waals surface area contributed by atoms with E-state index in [0.29, 0.717) is 26.9 Å². The number of carbonyl (C=O) groups is 2. The van der Waals surface area contributed by atoms with Crippen LogP contribution in [0.2, 0.25) is 10.0 Å². The zero-order valence-corrected chi connectivity index (χ0v) is 19.7. The Morgan fingerprint density at radius 1 is 1.06 bits per heavy atom. The summed E-state index contributed by atoms with van der Waals surface area (Å²) in [6.07, 6.45) is -0.314. The van der Waals surface area contributed by atoms with E-state index in [9.17, 15) is 9.59 Å². The Balaban J connectivity index is 2.06. The van der Waals surface area contributed by atoms with E-state index in [0.717, 1.165) is 10.4 Å². The van der Waals surface area contributed by atoms with Crippen LogP contribution in [0, 0.1) is 6.92 Å². The van der Waals surface area contributed by atoms with Gasteiger partial charge in [-0.15, -0.1) is 11.3 Å². The molecule has 1 aromatic heterocycles. The van der Waals surface area contributed by atoms with E-state index in [1.165, 1.54) is 23.5 Å². The molecule has 0 radical (unpaired) electrons. The van der Waals surface area contributed by atoms with Crippen LogP contribution in [-0.4, -0.2) is 25.1 Å². The van der Waals surface area contributed by atoms with Crippen molar-refractivity contribution in [2.45, 2.75) is 26.9 Å². The molecule has 0 fully saturated rings. The maximum Gasteiger partial charge on any atom is 0.342 e. The molecular weight excluding hydrogens is 457 g/mol. The molecule has 1 N–H and O–H groups in total. The van der Waals surface area contributed by atoms with Crippen LogP contribution in [0.3, 0.4) is 0 Å². The molecule has 0 saturated heterocycles. The molecule has 162 valence electrons. The van der Waals surface area contributed by atoms with Crippen molar-refractivity contribution in [1.82, 2.24) is 0 Å². The van der Waals surface area contributed by atoms with Crippen LogP contribution in [0.1, 0.15) is 39.4 Å². The van der Waals surface area contributed by atoms with Crippen LogP contribution in [0.4, 0.5) is 5.00 Å². The standard InChI is InChI=1S/C23H21Cl2NO4S/c1-12(2)30-23(28)20-19(14-5-8-16(29-4)9-6-14)13(3)31-22(20)26-21(27)17-10-7-15(24)11-18(17)25/h5-12H,1-4H3,(H,26,27). The SMILES string of the molecule is COc1ccc(-c2c(C)sc(NC(=O)c3ccc(Cl)cc3Cl)c2C(=O)OC(C)C)cc1. The van der Waals surface area contributed by atoms with Gasteiger partial charge >= 0.3 is 5.97 Å². The van der Waals surface area contributed by atoms with Crippen molar-refractivity contribution in [2.75, 3.05) is 12.4 Å². The molecule has 31 heavy (non-hydrogen) atoms. The Morgan fingerprint density at radius 2 is 1.74 bits per heavy atom. The maximum absolute atomic E-state index is 13.0. The maximum atomic E-state index is 13.0. The number of rotatable bonds is 6. The summed E-state index contributed by atoms with van der Waals surface area (Å²) in [7, 11) is 1.59. The quantitative estimate of drug-likeness (QED) is 0.393. The highest BCUT2D eigenvalue weighted by atomic mass is 35.5. The molecule has 0 saturated carbocycles. The molecule has 8 heteroatoms. The lowest BCUT2D eigenvalue weighted by molar-refractivity contribution is 0.0380. The number of nitrogens with one attached hydrogen (secondary N) is 1. The molecule has 0 aliphatic carbocycles. The van der Waals surface area contributed by atoms with E-state index in [-0.39, 0.29) is 16.7 Å². The summed E-state index contributed by atoms with van der Waals surface area (Å²) < 4.78 is 10.7. The van der Waals surface area contributed by atoms with Gasteiger partial charge in [-0.2, -0.15) is 0 Å². The molecule has 0 bridgehead atoms. The number of ether oxygens (including phenoxy) is 2. The van der Waals surface area contributed by atoms with Crippen LogP contribution in [0.5, 0.6) is 5.75 Å². The lowest BCUT2D eigenvalue weighted by Gasteiger charge is -2.12. The molecule has 5 nitrogen and oxygen atoms in total. The number of thiophene rings is 1. The van der Waals surface area contributed by atoms with Crippen molar-refractivity contribution < 1.29 is 19.1 Å². The van der Waals surface area contributed by atoms with Crippen LogP contribution in [0.15, 0.2) is 42.5 Å². The highest BCUT2D eigenvalue weighted by Gasteiger charge is 2.27. The van der Waals surface area contributed by atoms with Gasteiger partial charge in [0, 0.05) is 15.5 Å². The molecule has 0 atom stereocenters. The molecule has 1 heterocycles. The van der Waals surface area contributed by atoms with Gasteiger partial charge in [-0.3, -0.25) is 4.79 Å². The molecule has 1 amide bonds. The van der Waals surface area contributed by atoms with Gasteiger partial charge in [-0.05, 0) is 56.7 Å². The Kier molecular flexibility index (Phi) is 7.26. The number of carbonyl (C=O) groups excluding carboxylic acids is 2. The predicted molar refractivity (Wildman–Crippen MR) is 126 cm³/mol. The molecule has 2 aromatic carbocycles. The van der Waals surface area contributed by atoms with E-state index < -0.39 is 11.9 Å². The number of hydrogen-bond donors (Lipinski definition) is 1. The van der Waals surface area contributed by atoms with Crippen LogP contribution in [-0.2, 0) is 4.74 Å². The van der Waals surface area contributed by atoms with Gasteiger partial charge in [0.1, 0.15) is 16.3 Å². The van der Waals surface area contributed by atoms with Gasteiger partial charge in [0.2, 0.25) is 0 Å². The van der Waals surface area contributed by atoms with E-state index in [1.54, 1.807) is 27.0 Å². The van der Waals surface area contributed by atoms with E-state index >= 15 is 0 Å². The van der Waals surface area contributed by atoms with Crippen LogP contribution >= 0.6 is 34.5 Å². The van der Waals surface area contributed by atoms with Crippen molar-refractivity contribution >= 4 is 51.4 Å². The second kappa shape index (κ2) is 9.73. The van der Waals surface area contributed by atoms with Crippen LogP contribution in [0.25, 0.3) is 11.1 Å². The first-order valence-electron chi connectivity index (χ1n) is 9.46. The third-order valence-electron chi connectivity index (χ3n) is 4.41. The van der Waals surface area contributed by atoms with Gasteiger partial charge in [-0.25, -0.2) is 4.79 Å². The second-order valence-electron chi connectivity index (χ2n) is 7.00.